The second kappa shape index (κ2) is 9.37. The summed E-state index contributed by atoms with van der Waals surface area (Å²) in [5, 5.41) is 6.78. The summed E-state index contributed by atoms with van der Waals surface area (Å²) in [6.45, 7) is 12.4. The van der Waals surface area contributed by atoms with Crippen molar-refractivity contribution in [2.45, 2.75) is 60.0 Å². The lowest BCUT2D eigenvalue weighted by Gasteiger charge is -2.18. The molecule has 0 spiro atoms. The van der Waals surface area contributed by atoms with E-state index >= 15 is 0 Å². The molecule has 1 aromatic heterocycles. The zero-order valence-electron chi connectivity index (χ0n) is 14.1. The third-order valence-electron chi connectivity index (χ3n) is 3.41. The Bertz CT molecular complexity index is 440. The van der Waals surface area contributed by atoms with E-state index in [0.29, 0.717) is 12.6 Å². The Morgan fingerprint density at radius 3 is 2.67 bits per heavy atom. The lowest BCUT2D eigenvalue weighted by molar-refractivity contribution is 0.489. The number of aliphatic imine (C=N–C) groups is 1. The molecule has 0 fully saturated rings. The van der Waals surface area contributed by atoms with Crippen molar-refractivity contribution in [1.82, 2.24) is 15.6 Å². The van der Waals surface area contributed by atoms with Gasteiger partial charge in [-0.05, 0) is 51.2 Å². The maximum atomic E-state index is 4.64. The van der Waals surface area contributed by atoms with Gasteiger partial charge < -0.3 is 10.6 Å². The number of nitrogens with zero attached hydrogens (tertiary/aromatic N) is 2. The number of rotatable bonds is 7. The monoisotopic (exact) mass is 290 g/mol. The van der Waals surface area contributed by atoms with Crippen LogP contribution >= 0.6 is 0 Å². The number of aromatic nitrogens is 1. The standard InChI is InChI=1S/C17H30N4/c1-6-18-17(21-15(5)10-9-13(2)3)20-12-16-14(4)8-7-11-19-16/h7-8,11,13,15H,6,9-10,12H2,1-5H3,(H2,18,20,21). The molecule has 0 aliphatic rings. The first-order valence-corrected chi connectivity index (χ1v) is 7.98. The van der Waals surface area contributed by atoms with E-state index < -0.39 is 0 Å². The van der Waals surface area contributed by atoms with Crippen LogP contribution in [0.1, 0.15) is 51.8 Å². The molecule has 1 heterocycles. The molecule has 0 bridgehead atoms. The molecule has 2 N–H and O–H groups in total. The maximum Gasteiger partial charge on any atom is 0.191 e. The lowest BCUT2D eigenvalue weighted by atomic mass is 10.0. The molecule has 0 aliphatic heterocycles. The molecule has 21 heavy (non-hydrogen) atoms. The van der Waals surface area contributed by atoms with Gasteiger partial charge in [-0.3, -0.25) is 4.98 Å². The lowest BCUT2D eigenvalue weighted by Crippen LogP contribution is -2.42. The van der Waals surface area contributed by atoms with Gasteiger partial charge in [0.1, 0.15) is 0 Å². The first-order chi connectivity index (χ1) is 10.0. The quantitative estimate of drug-likeness (QED) is 0.598. The number of pyridine rings is 1. The van der Waals surface area contributed by atoms with Crippen molar-refractivity contribution in [2.75, 3.05) is 6.54 Å². The maximum absolute atomic E-state index is 4.64. The van der Waals surface area contributed by atoms with Crippen LogP contribution in [0.3, 0.4) is 0 Å². The number of hydrogen-bond acceptors (Lipinski definition) is 2. The van der Waals surface area contributed by atoms with Gasteiger partial charge in [-0.1, -0.05) is 19.9 Å². The Hall–Kier alpha value is -1.58. The Morgan fingerprint density at radius 2 is 2.05 bits per heavy atom. The molecule has 1 rings (SSSR count). The molecule has 1 aromatic rings. The molecule has 1 atom stereocenters. The fraction of sp³-hybridized carbons (Fsp3) is 0.647. The van der Waals surface area contributed by atoms with Crippen molar-refractivity contribution in [3.63, 3.8) is 0 Å². The average Bonchev–Trinajstić information content (AvgIpc) is 2.44. The van der Waals surface area contributed by atoms with Crippen LogP contribution in [0.25, 0.3) is 0 Å². The topological polar surface area (TPSA) is 49.3 Å². The minimum atomic E-state index is 0.426. The summed E-state index contributed by atoms with van der Waals surface area (Å²) in [5.74, 6) is 1.61. The van der Waals surface area contributed by atoms with Gasteiger partial charge in [-0.15, -0.1) is 0 Å². The summed E-state index contributed by atoms with van der Waals surface area (Å²) in [6, 6.07) is 4.46. The molecule has 1 unspecified atom stereocenters. The molecule has 0 saturated carbocycles. The van der Waals surface area contributed by atoms with Gasteiger partial charge in [0.2, 0.25) is 0 Å². The summed E-state index contributed by atoms with van der Waals surface area (Å²) < 4.78 is 0. The van der Waals surface area contributed by atoms with E-state index in [0.717, 1.165) is 30.5 Å². The smallest absolute Gasteiger partial charge is 0.191 e. The Morgan fingerprint density at radius 1 is 1.29 bits per heavy atom. The molecule has 0 aromatic carbocycles. The predicted octanol–water partition coefficient (Wildman–Crippen LogP) is 3.27. The van der Waals surface area contributed by atoms with E-state index in [9.17, 15) is 0 Å². The molecule has 4 nitrogen and oxygen atoms in total. The van der Waals surface area contributed by atoms with Crippen LogP contribution < -0.4 is 10.6 Å². The zero-order chi connectivity index (χ0) is 15.7. The summed E-state index contributed by atoms with van der Waals surface area (Å²) in [4.78, 5) is 9.03. The number of aryl methyl sites for hydroxylation is 1. The first kappa shape index (κ1) is 17.5. The van der Waals surface area contributed by atoms with E-state index in [1.807, 2.05) is 12.3 Å². The molecule has 0 aliphatic carbocycles. The molecular formula is C17H30N4. The summed E-state index contributed by atoms with van der Waals surface area (Å²) in [6.07, 6.45) is 4.21. The number of guanidine groups is 1. The van der Waals surface area contributed by atoms with Gasteiger partial charge in [0, 0.05) is 18.8 Å². The predicted molar refractivity (Wildman–Crippen MR) is 90.5 cm³/mol. The summed E-state index contributed by atoms with van der Waals surface area (Å²) in [5.41, 5.74) is 2.22. The average molecular weight is 290 g/mol. The van der Waals surface area contributed by atoms with Gasteiger partial charge >= 0.3 is 0 Å². The van der Waals surface area contributed by atoms with Gasteiger partial charge in [0.15, 0.2) is 5.96 Å². The second-order valence-electron chi connectivity index (χ2n) is 5.98. The highest BCUT2D eigenvalue weighted by Crippen LogP contribution is 2.07. The minimum absolute atomic E-state index is 0.426. The van der Waals surface area contributed by atoms with Crippen LogP contribution in [0.5, 0.6) is 0 Å². The highest BCUT2D eigenvalue weighted by Gasteiger charge is 2.06. The SMILES string of the molecule is CCNC(=NCc1ncccc1C)NC(C)CCC(C)C. The van der Waals surface area contributed by atoms with Crippen molar-refractivity contribution in [3.8, 4) is 0 Å². The second-order valence-corrected chi connectivity index (χ2v) is 5.98. The molecule has 0 saturated heterocycles. The van der Waals surface area contributed by atoms with Gasteiger partial charge in [0.25, 0.3) is 0 Å². The Kier molecular flexibility index (Phi) is 7.80. The third-order valence-corrected chi connectivity index (χ3v) is 3.41. The summed E-state index contributed by atoms with van der Waals surface area (Å²) in [7, 11) is 0. The normalized spacial score (nSPS) is 13.3. The molecular weight excluding hydrogens is 260 g/mol. The molecule has 0 radical (unpaired) electrons. The van der Waals surface area contributed by atoms with E-state index in [2.05, 4.69) is 61.3 Å². The third kappa shape index (κ3) is 7.11. The van der Waals surface area contributed by atoms with E-state index in [1.54, 1.807) is 0 Å². The summed E-state index contributed by atoms with van der Waals surface area (Å²) >= 11 is 0. The number of nitrogens with one attached hydrogen (secondary N) is 2. The van der Waals surface area contributed by atoms with E-state index in [4.69, 9.17) is 0 Å². The molecule has 4 heteroatoms. The van der Waals surface area contributed by atoms with Crippen molar-refractivity contribution >= 4 is 5.96 Å². The highest BCUT2D eigenvalue weighted by atomic mass is 15.2. The minimum Gasteiger partial charge on any atom is -0.357 e. The van der Waals surface area contributed by atoms with Crippen molar-refractivity contribution in [3.05, 3.63) is 29.6 Å². The van der Waals surface area contributed by atoms with Crippen LogP contribution in [-0.2, 0) is 6.54 Å². The van der Waals surface area contributed by atoms with Crippen molar-refractivity contribution < 1.29 is 0 Å². The van der Waals surface area contributed by atoms with Crippen LogP contribution in [0, 0.1) is 12.8 Å². The first-order valence-electron chi connectivity index (χ1n) is 7.98. The van der Waals surface area contributed by atoms with Gasteiger partial charge in [-0.25, -0.2) is 4.99 Å². The van der Waals surface area contributed by atoms with E-state index in [1.165, 1.54) is 12.0 Å². The molecule has 118 valence electrons. The highest BCUT2D eigenvalue weighted by molar-refractivity contribution is 5.80. The van der Waals surface area contributed by atoms with Crippen molar-refractivity contribution in [2.24, 2.45) is 10.9 Å². The van der Waals surface area contributed by atoms with Crippen LogP contribution in [-0.4, -0.2) is 23.5 Å². The number of hydrogen-bond donors (Lipinski definition) is 2. The van der Waals surface area contributed by atoms with Gasteiger partial charge in [-0.2, -0.15) is 0 Å². The largest absolute Gasteiger partial charge is 0.357 e. The van der Waals surface area contributed by atoms with Crippen LogP contribution in [0.2, 0.25) is 0 Å². The fourth-order valence-corrected chi connectivity index (χ4v) is 2.05. The van der Waals surface area contributed by atoms with Gasteiger partial charge in [0.05, 0.1) is 12.2 Å². The van der Waals surface area contributed by atoms with Crippen LogP contribution in [0.15, 0.2) is 23.3 Å². The fourth-order valence-electron chi connectivity index (χ4n) is 2.05. The zero-order valence-corrected chi connectivity index (χ0v) is 14.1. The van der Waals surface area contributed by atoms with Crippen LogP contribution in [0.4, 0.5) is 0 Å². The molecule has 0 amide bonds. The Labute approximate surface area is 129 Å². The Balaban J connectivity index is 2.59. The van der Waals surface area contributed by atoms with Crippen molar-refractivity contribution in [1.29, 1.82) is 0 Å². The van der Waals surface area contributed by atoms with E-state index in [-0.39, 0.29) is 0 Å².